The summed E-state index contributed by atoms with van der Waals surface area (Å²) in [5.41, 5.74) is 3.51. The Morgan fingerprint density at radius 3 is 2.05 bits per heavy atom. The monoisotopic (exact) mass is 612 g/mol. The maximum atomic E-state index is 13.4. The number of hydrogen-bond acceptors (Lipinski definition) is 10. The van der Waals surface area contributed by atoms with Crippen LogP contribution in [0.15, 0.2) is 54.6 Å². The van der Waals surface area contributed by atoms with Crippen molar-refractivity contribution >= 4 is 35.2 Å². The third-order valence-corrected chi connectivity index (χ3v) is 7.98. The molecule has 2 heterocycles. The van der Waals surface area contributed by atoms with Gasteiger partial charge in [-0.3, -0.25) is 19.2 Å². The summed E-state index contributed by atoms with van der Waals surface area (Å²) in [5.74, 6) is -2.91. The van der Waals surface area contributed by atoms with Gasteiger partial charge < -0.3 is 23.7 Å². The lowest BCUT2D eigenvalue weighted by molar-refractivity contribution is -0.254. The van der Waals surface area contributed by atoms with Crippen molar-refractivity contribution in [1.29, 1.82) is 0 Å². The first-order valence-electron chi connectivity index (χ1n) is 13.7. The first kappa shape index (κ1) is 31.8. The molecule has 2 aromatic carbocycles. The maximum Gasteiger partial charge on any atom is 0.303 e. The van der Waals surface area contributed by atoms with Gasteiger partial charge in [0.15, 0.2) is 18.3 Å². The Balaban J connectivity index is 1.70. The molecule has 1 aliphatic heterocycles. The number of benzene rings is 2. The molecule has 11 heteroatoms. The Kier molecular flexibility index (Phi) is 10.3. The lowest BCUT2D eigenvalue weighted by Crippen LogP contribution is -2.59. The number of aryl methyl sites for hydroxylation is 1. The van der Waals surface area contributed by atoms with Gasteiger partial charge in [0.1, 0.15) is 24.6 Å². The van der Waals surface area contributed by atoms with Crippen LogP contribution >= 0.6 is 11.3 Å². The fourth-order valence-electron chi connectivity index (χ4n) is 4.99. The molecule has 0 saturated carbocycles. The highest BCUT2D eigenvalue weighted by atomic mass is 32.1. The molecule has 4 rings (SSSR count). The van der Waals surface area contributed by atoms with Crippen molar-refractivity contribution in [3.05, 3.63) is 82.0 Å². The summed E-state index contributed by atoms with van der Waals surface area (Å²) in [7, 11) is 0. The standard InChI is InChI=1S/C32H33FO9S/c1-17-6-7-23(14-24(17)15-26-12-13-28(43-26)22-8-10-25(33)11-9-22)29-31(40-20(4)36)32(41-21(5)37)30(39-19(3)35)27(42-29)16-38-18(2)34/h6-14,27,29-32H,15-16H2,1-5H3/t27-,29+,30-,31+,32-/m1/s1. The normalized spacial score (nSPS) is 21.5. The Labute approximate surface area is 252 Å². The second-order valence-corrected chi connectivity index (χ2v) is 11.4. The van der Waals surface area contributed by atoms with Gasteiger partial charge in [0.2, 0.25) is 0 Å². The number of rotatable bonds is 9. The molecule has 9 nitrogen and oxygen atoms in total. The van der Waals surface area contributed by atoms with Crippen LogP contribution in [0.3, 0.4) is 0 Å². The minimum Gasteiger partial charge on any atom is -0.463 e. The van der Waals surface area contributed by atoms with E-state index >= 15 is 0 Å². The highest BCUT2D eigenvalue weighted by Gasteiger charge is 2.52. The molecule has 5 atom stereocenters. The summed E-state index contributed by atoms with van der Waals surface area (Å²) in [5, 5.41) is 0. The molecule has 0 spiro atoms. The number of ether oxygens (including phenoxy) is 5. The third-order valence-electron chi connectivity index (χ3n) is 6.85. The number of esters is 4. The molecule has 1 fully saturated rings. The van der Waals surface area contributed by atoms with Crippen molar-refractivity contribution in [1.82, 2.24) is 0 Å². The van der Waals surface area contributed by atoms with E-state index in [-0.39, 0.29) is 12.4 Å². The van der Waals surface area contributed by atoms with Gasteiger partial charge in [0.25, 0.3) is 0 Å². The summed E-state index contributed by atoms with van der Waals surface area (Å²) in [6.07, 6.45) is -5.06. The number of hydrogen-bond donors (Lipinski definition) is 0. The number of carbonyl (C=O) groups is 4. The molecule has 0 amide bonds. The zero-order valence-electron chi connectivity index (χ0n) is 24.5. The van der Waals surface area contributed by atoms with E-state index in [9.17, 15) is 23.6 Å². The molecule has 1 aromatic heterocycles. The molecular weight excluding hydrogens is 579 g/mol. The van der Waals surface area contributed by atoms with E-state index in [0.717, 1.165) is 26.4 Å². The Bertz CT molecular complexity index is 1480. The Hall–Kier alpha value is -4.09. The van der Waals surface area contributed by atoms with Crippen molar-refractivity contribution in [3.8, 4) is 10.4 Å². The summed E-state index contributed by atoms with van der Waals surface area (Å²) in [6.45, 7) is 6.48. The second-order valence-electron chi connectivity index (χ2n) is 10.3. The first-order chi connectivity index (χ1) is 20.4. The number of thiophene rings is 1. The fourth-order valence-corrected chi connectivity index (χ4v) is 6.02. The van der Waals surface area contributed by atoms with E-state index in [1.54, 1.807) is 23.5 Å². The molecule has 1 aliphatic rings. The highest BCUT2D eigenvalue weighted by Crippen LogP contribution is 2.39. The zero-order valence-corrected chi connectivity index (χ0v) is 25.3. The van der Waals surface area contributed by atoms with Crippen LogP contribution < -0.4 is 0 Å². The first-order valence-corrected chi connectivity index (χ1v) is 14.5. The molecule has 3 aromatic rings. The van der Waals surface area contributed by atoms with E-state index in [2.05, 4.69) is 0 Å². The van der Waals surface area contributed by atoms with Gasteiger partial charge >= 0.3 is 23.9 Å². The molecule has 1 saturated heterocycles. The van der Waals surface area contributed by atoms with Crippen LogP contribution in [-0.4, -0.2) is 54.9 Å². The van der Waals surface area contributed by atoms with Crippen LogP contribution in [0.4, 0.5) is 4.39 Å². The molecule has 0 aliphatic carbocycles. The maximum absolute atomic E-state index is 13.4. The van der Waals surface area contributed by atoms with E-state index in [1.165, 1.54) is 39.8 Å². The van der Waals surface area contributed by atoms with Crippen molar-refractivity contribution in [2.45, 2.75) is 71.6 Å². The molecular formula is C32H33FO9S. The molecule has 0 unspecified atom stereocenters. The molecule has 43 heavy (non-hydrogen) atoms. The van der Waals surface area contributed by atoms with Crippen LogP contribution in [0.5, 0.6) is 0 Å². The van der Waals surface area contributed by atoms with Gasteiger partial charge in [-0.2, -0.15) is 0 Å². The fraction of sp³-hybridized carbons (Fsp3) is 0.375. The van der Waals surface area contributed by atoms with Crippen LogP contribution in [0.25, 0.3) is 10.4 Å². The van der Waals surface area contributed by atoms with E-state index in [4.69, 9.17) is 23.7 Å². The Morgan fingerprint density at radius 2 is 1.42 bits per heavy atom. The van der Waals surface area contributed by atoms with Crippen LogP contribution in [-0.2, 0) is 49.3 Å². The van der Waals surface area contributed by atoms with Crippen molar-refractivity contribution in [2.75, 3.05) is 6.61 Å². The second kappa shape index (κ2) is 13.9. The highest BCUT2D eigenvalue weighted by molar-refractivity contribution is 7.15. The topological polar surface area (TPSA) is 114 Å². The predicted octanol–water partition coefficient (Wildman–Crippen LogP) is 5.25. The summed E-state index contributed by atoms with van der Waals surface area (Å²) in [6, 6.07) is 16.0. The van der Waals surface area contributed by atoms with E-state index in [0.29, 0.717) is 12.0 Å². The minimum atomic E-state index is -1.25. The van der Waals surface area contributed by atoms with Crippen molar-refractivity contribution in [2.24, 2.45) is 0 Å². The quantitative estimate of drug-likeness (QED) is 0.236. The van der Waals surface area contributed by atoms with Gasteiger partial charge in [-0.05, 0) is 53.4 Å². The molecule has 0 bridgehead atoms. The van der Waals surface area contributed by atoms with E-state index < -0.39 is 54.4 Å². The van der Waals surface area contributed by atoms with Gasteiger partial charge in [-0.1, -0.05) is 30.3 Å². The van der Waals surface area contributed by atoms with Gasteiger partial charge in [0, 0.05) is 43.9 Å². The minimum absolute atomic E-state index is 0.296. The van der Waals surface area contributed by atoms with Crippen LogP contribution in [0, 0.1) is 12.7 Å². The third kappa shape index (κ3) is 8.26. The SMILES string of the molecule is CC(=O)OC[C@H]1O[C@@H](c2ccc(C)c(Cc3ccc(-c4ccc(F)cc4)s3)c2)[C@H](OC(C)=O)[C@H](OC(C)=O)[C@@H]1OC(C)=O. The molecule has 0 N–H and O–H groups in total. The van der Waals surface area contributed by atoms with Crippen LogP contribution in [0.1, 0.15) is 55.4 Å². The predicted molar refractivity (Wildman–Crippen MR) is 155 cm³/mol. The lowest BCUT2D eigenvalue weighted by atomic mass is 9.88. The van der Waals surface area contributed by atoms with Crippen LogP contribution in [0.2, 0.25) is 0 Å². The largest absolute Gasteiger partial charge is 0.463 e. The average Bonchev–Trinajstić information content (AvgIpc) is 3.39. The number of carbonyl (C=O) groups excluding carboxylic acids is 4. The van der Waals surface area contributed by atoms with Gasteiger partial charge in [-0.15, -0.1) is 11.3 Å². The van der Waals surface area contributed by atoms with Gasteiger partial charge in [0.05, 0.1) is 0 Å². The summed E-state index contributed by atoms with van der Waals surface area (Å²) < 4.78 is 41.6. The van der Waals surface area contributed by atoms with E-state index in [1.807, 2.05) is 37.3 Å². The smallest absolute Gasteiger partial charge is 0.303 e. The zero-order chi connectivity index (χ0) is 31.3. The lowest BCUT2D eigenvalue weighted by Gasteiger charge is -2.44. The van der Waals surface area contributed by atoms with Crippen molar-refractivity contribution in [3.63, 3.8) is 0 Å². The van der Waals surface area contributed by atoms with Gasteiger partial charge in [-0.25, -0.2) is 4.39 Å². The number of halogens is 1. The summed E-state index contributed by atoms with van der Waals surface area (Å²) >= 11 is 1.59. The molecule has 0 radical (unpaired) electrons. The molecule has 228 valence electrons. The Morgan fingerprint density at radius 1 is 0.791 bits per heavy atom. The van der Waals surface area contributed by atoms with Crippen molar-refractivity contribution < 1.29 is 47.3 Å². The summed E-state index contributed by atoms with van der Waals surface area (Å²) in [4.78, 5) is 50.1. The average molecular weight is 613 g/mol.